The average Bonchev–Trinajstić information content (AvgIpc) is 2.91. The van der Waals surface area contributed by atoms with Crippen LogP contribution in [0.1, 0.15) is 79.6 Å². The largest absolute Gasteiger partial charge is 0.478 e. The molecule has 0 fully saturated rings. The van der Waals surface area contributed by atoms with E-state index in [0.29, 0.717) is 38.5 Å². The van der Waals surface area contributed by atoms with E-state index in [9.17, 15) is 39.4 Å². The number of ketones is 1. The van der Waals surface area contributed by atoms with E-state index in [0.717, 1.165) is 17.2 Å². The summed E-state index contributed by atoms with van der Waals surface area (Å²) in [5, 5.41) is 29.3. The van der Waals surface area contributed by atoms with Gasteiger partial charge < -0.3 is 9.84 Å². The number of nitro groups is 2. The van der Waals surface area contributed by atoms with Crippen LogP contribution in [0.4, 0.5) is 0 Å². The van der Waals surface area contributed by atoms with Crippen LogP contribution >= 0.6 is 11.6 Å². The smallest absolute Gasteiger partial charge is 0.331 e. The number of carboxylic acid groups (broad SMARTS) is 1. The molecule has 2 unspecified atom stereocenters. The maximum absolute atomic E-state index is 11.6. The van der Waals surface area contributed by atoms with Gasteiger partial charge in [0, 0.05) is 66.4 Å². The van der Waals surface area contributed by atoms with Gasteiger partial charge in [0.05, 0.1) is 0 Å². The van der Waals surface area contributed by atoms with Crippen LogP contribution in [0.15, 0.2) is 47.6 Å². The lowest BCUT2D eigenvalue weighted by molar-refractivity contribution is -0.523. The molecule has 0 saturated carbocycles. The zero-order chi connectivity index (χ0) is 33.2. The monoisotopic (exact) mass is 622 g/mol. The summed E-state index contributed by atoms with van der Waals surface area (Å²) in [7, 11) is 0. The number of carboxylic acids is 1. The Kier molecular flexibility index (Phi) is 18.0. The molecule has 13 heteroatoms. The topological polar surface area (TPSA) is 184 Å². The first kappa shape index (κ1) is 38.9. The highest BCUT2D eigenvalue weighted by atomic mass is 35.5. The summed E-state index contributed by atoms with van der Waals surface area (Å²) in [6.45, 7) is 8.39. The van der Waals surface area contributed by atoms with Gasteiger partial charge >= 0.3 is 11.9 Å². The summed E-state index contributed by atoms with van der Waals surface area (Å²) >= 11 is 5.11. The number of carbonyl (C=O) groups is 4. The average molecular weight is 623 g/mol. The normalized spacial score (nSPS) is 18.7. The Bertz CT molecular complexity index is 1220. The van der Waals surface area contributed by atoms with Gasteiger partial charge in [-0.25, -0.2) is 9.59 Å². The molecule has 0 aromatic rings. The van der Waals surface area contributed by atoms with Crippen LogP contribution in [0.3, 0.4) is 0 Å². The van der Waals surface area contributed by atoms with Crippen molar-refractivity contribution in [1.82, 2.24) is 0 Å². The van der Waals surface area contributed by atoms with Gasteiger partial charge in [0.15, 0.2) is 0 Å². The lowest BCUT2D eigenvalue weighted by Gasteiger charge is -2.14. The SMILES string of the molecule is CC(=O)C#CC[C@@H](C)OC(=O)/C=C/C1=CCCC([N+](=O)[O-])C1.CC(C)(C)C(=O)Cl.O=C(O)/C=C/C1=CCCC([N+](=O)[O-])C1. The maximum Gasteiger partial charge on any atom is 0.331 e. The van der Waals surface area contributed by atoms with Gasteiger partial charge in [-0.3, -0.25) is 29.8 Å². The lowest BCUT2D eigenvalue weighted by atomic mass is 9.95. The van der Waals surface area contributed by atoms with Gasteiger partial charge in [-0.1, -0.05) is 51.0 Å². The summed E-state index contributed by atoms with van der Waals surface area (Å²) in [4.78, 5) is 63.4. The zero-order valence-corrected chi connectivity index (χ0v) is 25.8. The molecule has 0 heterocycles. The summed E-state index contributed by atoms with van der Waals surface area (Å²) in [6.07, 6.45) is 11.9. The van der Waals surface area contributed by atoms with Crippen LogP contribution in [-0.4, -0.2) is 56.1 Å². The van der Waals surface area contributed by atoms with Crippen LogP contribution in [0.25, 0.3) is 0 Å². The second-order valence-corrected chi connectivity index (χ2v) is 11.2. The first-order valence-corrected chi connectivity index (χ1v) is 13.9. The fraction of sp³-hybridized carbons (Fsp3) is 0.533. The van der Waals surface area contributed by atoms with Crippen molar-refractivity contribution >= 4 is 34.6 Å². The first-order valence-electron chi connectivity index (χ1n) is 13.6. The van der Waals surface area contributed by atoms with E-state index in [1.54, 1.807) is 33.8 Å². The third-order valence-electron chi connectivity index (χ3n) is 5.79. The minimum Gasteiger partial charge on any atom is -0.478 e. The maximum atomic E-state index is 11.6. The van der Waals surface area contributed by atoms with Gasteiger partial charge in [-0.05, 0) is 48.4 Å². The molecule has 2 aliphatic carbocycles. The molecule has 1 N–H and O–H groups in total. The lowest BCUT2D eigenvalue weighted by Crippen LogP contribution is -2.22. The molecule has 43 heavy (non-hydrogen) atoms. The highest BCUT2D eigenvalue weighted by molar-refractivity contribution is 6.64. The molecule has 236 valence electrons. The molecule has 0 aliphatic heterocycles. The van der Waals surface area contributed by atoms with E-state index in [4.69, 9.17) is 21.4 Å². The van der Waals surface area contributed by atoms with Crippen molar-refractivity contribution in [3.05, 3.63) is 67.8 Å². The number of nitrogens with zero attached hydrogens (tertiary/aromatic N) is 2. The molecule has 0 aromatic carbocycles. The third kappa shape index (κ3) is 19.6. The van der Waals surface area contributed by atoms with E-state index in [1.165, 1.54) is 19.1 Å². The fourth-order valence-electron chi connectivity index (χ4n) is 3.42. The van der Waals surface area contributed by atoms with Crippen molar-refractivity contribution in [3.8, 4) is 11.8 Å². The van der Waals surface area contributed by atoms with Gasteiger partial charge in [-0.15, -0.1) is 0 Å². The Morgan fingerprint density at radius 3 is 1.84 bits per heavy atom. The number of Topliss-reactive ketones (excluding diaryl/α,β-unsaturated/α-hetero) is 1. The van der Waals surface area contributed by atoms with Gasteiger partial charge in [0.25, 0.3) is 0 Å². The molecular weight excluding hydrogens is 584 g/mol. The number of rotatable bonds is 8. The van der Waals surface area contributed by atoms with E-state index in [2.05, 4.69) is 11.8 Å². The Morgan fingerprint density at radius 1 is 1.02 bits per heavy atom. The number of ether oxygens (including phenoxy) is 1. The molecule has 0 saturated heterocycles. The minimum absolute atomic E-state index is 0.233. The number of aliphatic carboxylic acids is 1. The standard InChI is InChI=1S/C16H19NO5.C9H11NO4.C5H9ClO/c1-12(18)5-3-6-13(2)22-16(19)10-9-14-7-4-8-15(11-14)17(20)21;11-9(12)5-4-7-2-1-3-8(6-7)10(13)14;1-5(2,3)4(6)7/h7,9-10,13,15H,4,6,8,11H2,1-2H3;2,4-5,8H,1,3,6H2,(H,11,12);1-3H3/b10-9+;5-4+;/t13-,15?;;/m1../s1. The molecular formula is C30H39ClN2O10. The Balaban J connectivity index is 0.000000713. The molecule has 12 nitrogen and oxygen atoms in total. The number of halogens is 1. The second-order valence-electron chi connectivity index (χ2n) is 10.8. The van der Waals surface area contributed by atoms with Crippen LogP contribution in [0, 0.1) is 37.5 Å². The quantitative estimate of drug-likeness (QED) is 0.0699. The molecule has 0 bridgehead atoms. The van der Waals surface area contributed by atoms with Crippen molar-refractivity contribution in [2.45, 2.75) is 97.8 Å². The second kappa shape index (κ2) is 19.9. The predicted molar refractivity (Wildman–Crippen MR) is 160 cm³/mol. The van der Waals surface area contributed by atoms with Gasteiger partial charge in [0.2, 0.25) is 23.1 Å². The molecule has 3 atom stereocenters. The van der Waals surface area contributed by atoms with E-state index in [-0.39, 0.29) is 32.7 Å². The predicted octanol–water partition coefficient (Wildman–Crippen LogP) is 5.39. The number of hydrogen-bond acceptors (Lipinski definition) is 9. The Hall–Kier alpha value is -4.11. The molecule has 0 radical (unpaired) electrons. The van der Waals surface area contributed by atoms with Crippen molar-refractivity contribution < 1.29 is 38.9 Å². The number of esters is 1. The van der Waals surface area contributed by atoms with Crippen molar-refractivity contribution in [3.63, 3.8) is 0 Å². The van der Waals surface area contributed by atoms with E-state index < -0.39 is 30.1 Å². The molecule has 2 aliphatic rings. The van der Waals surface area contributed by atoms with E-state index in [1.807, 2.05) is 12.2 Å². The Morgan fingerprint density at radius 2 is 1.47 bits per heavy atom. The van der Waals surface area contributed by atoms with Gasteiger partial charge in [0.1, 0.15) is 6.10 Å². The fourth-order valence-corrected chi connectivity index (χ4v) is 3.42. The summed E-state index contributed by atoms with van der Waals surface area (Å²) < 4.78 is 5.10. The summed E-state index contributed by atoms with van der Waals surface area (Å²) in [6, 6.07) is -1.14. The minimum atomic E-state index is -1.03. The zero-order valence-electron chi connectivity index (χ0n) is 25.0. The number of hydrogen-bond donors (Lipinski definition) is 1. The third-order valence-corrected chi connectivity index (χ3v) is 6.35. The number of allylic oxidation sites excluding steroid dienone is 4. The van der Waals surface area contributed by atoms with Crippen molar-refractivity contribution in [1.29, 1.82) is 0 Å². The van der Waals surface area contributed by atoms with Crippen LogP contribution < -0.4 is 0 Å². The van der Waals surface area contributed by atoms with Crippen LogP contribution in [0.5, 0.6) is 0 Å². The van der Waals surface area contributed by atoms with Crippen molar-refractivity contribution in [2.24, 2.45) is 5.41 Å². The van der Waals surface area contributed by atoms with E-state index >= 15 is 0 Å². The van der Waals surface area contributed by atoms with Crippen LogP contribution in [-0.2, 0) is 23.9 Å². The van der Waals surface area contributed by atoms with Crippen molar-refractivity contribution in [2.75, 3.05) is 0 Å². The molecule has 2 rings (SSSR count). The molecule has 0 aromatic heterocycles. The summed E-state index contributed by atoms with van der Waals surface area (Å²) in [5.41, 5.74) is 1.14. The van der Waals surface area contributed by atoms with Gasteiger partial charge in [-0.2, -0.15) is 0 Å². The first-order chi connectivity index (χ1) is 19.9. The highest BCUT2D eigenvalue weighted by Gasteiger charge is 2.24. The molecule has 0 spiro atoms. The Labute approximate surface area is 256 Å². The van der Waals surface area contributed by atoms with Crippen LogP contribution in [0.2, 0.25) is 0 Å². The highest BCUT2D eigenvalue weighted by Crippen LogP contribution is 2.22. The summed E-state index contributed by atoms with van der Waals surface area (Å²) in [5.74, 6) is 3.21. The number of carbonyl (C=O) groups excluding carboxylic acids is 3. The molecule has 0 amide bonds.